The van der Waals surface area contributed by atoms with E-state index < -0.39 is 5.91 Å². The van der Waals surface area contributed by atoms with Gasteiger partial charge in [0.15, 0.2) is 17.0 Å². The minimum atomic E-state index is -0.453. The first-order valence-corrected chi connectivity index (χ1v) is 12.7. The van der Waals surface area contributed by atoms with Gasteiger partial charge in [-0.05, 0) is 55.7 Å². The molecule has 13 nitrogen and oxygen atoms in total. The molecule has 5 heterocycles. The molecule has 0 saturated carbocycles. The lowest BCUT2D eigenvalue weighted by Gasteiger charge is -2.32. The van der Waals surface area contributed by atoms with Crippen LogP contribution < -0.4 is 15.8 Å². The number of anilines is 2. The number of nitrogen functional groups attached to an aromatic ring is 1. The Balaban J connectivity index is 1.25. The molecule has 1 aliphatic heterocycles. The van der Waals surface area contributed by atoms with Gasteiger partial charge in [0.05, 0.1) is 11.4 Å². The van der Waals surface area contributed by atoms with Crippen LogP contribution in [0.1, 0.15) is 34.9 Å². The van der Waals surface area contributed by atoms with E-state index in [-0.39, 0.29) is 23.5 Å². The zero-order valence-electron chi connectivity index (χ0n) is 21.7. The van der Waals surface area contributed by atoms with Gasteiger partial charge < -0.3 is 20.7 Å². The molecule has 1 fully saturated rings. The van der Waals surface area contributed by atoms with Crippen molar-refractivity contribution in [2.24, 2.45) is 0 Å². The Morgan fingerprint density at radius 2 is 2.05 bits per heavy atom. The maximum absolute atomic E-state index is 13.5. The van der Waals surface area contributed by atoms with E-state index in [0.29, 0.717) is 47.0 Å². The number of ether oxygens (including phenoxy) is 1. The van der Waals surface area contributed by atoms with Crippen molar-refractivity contribution in [1.29, 1.82) is 0 Å². The normalized spacial score (nSPS) is 15.3. The Labute approximate surface area is 228 Å². The Morgan fingerprint density at radius 1 is 1.18 bits per heavy atom. The first-order chi connectivity index (χ1) is 19.4. The van der Waals surface area contributed by atoms with Crippen molar-refractivity contribution in [3.63, 3.8) is 0 Å². The predicted octanol–water partition coefficient (Wildman–Crippen LogP) is 3.15. The lowest BCUT2D eigenvalue weighted by atomic mass is 10.1. The lowest BCUT2D eigenvalue weighted by molar-refractivity contribution is -0.127. The molecule has 3 N–H and O–H groups in total. The Hall–Kier alpha value is -5.33. The second kappa shape index (κ2) is 10.1. The van der Waals surface area contributed by atoms with Crippen molar-refractivity contribution in [3.8, 4) is 11.5 Å². The Kier molecular flexibility index (Phi) is 6.30. The number of aryl methyl sites for hydroxylation is 1. The summed E-state index contributed by atoms with van der Waals surface area (Å²) in [6, 6.07) is 8.74. The van der Waals surface area contributed by atoms with Crippen LogP contribution >= 0.6 is 0 Å². The van der Waals surface area contributed by atoms with Gasteiger partial charge in [-0.15, -0.1) is 0 Å². The van der Waals surface area contributed by atoms with Crippen molar-refractivity contribution in [2.45, 2.75) is 25.8 Å². The summed E-state index contributed by atoms with van der Waals surface area (Å²) in [5, 5.41) is 12.0. The molecule has 6 rings (SSSR count). The summed E-state index contributed by atoms with van der Waals surface area (Å²) in [6.07, 6.45) is 7.44. The molecule has 4 aromatic heterocycles. The highest BCUT2D eigenvalue weighted by molar-refractivity contribution is 6.13. The van der Waals surface area contributed by atoms with Crippen molar-refractivity contribution >= 4 is 40.0 Å². The average Bonchev–Trinajstić information content (AvgIpc) is 3.59. The molecular formula is C27H26N10O3. The third kappa shape index (κ3) is 4.57. The number of hydrogen-bond donors (Lipinski definition) is 2. The Bertz CT molecular complexity index is 1780. The number of likely N-dealkylation sites (tertiary alicyclic amines) is 1. The van der Waals surface area contributed by atoms with Crippen LogP contribution in [0.25, 0.3) is 16.7 Å². The molecule has 0 spiro atoms. The molecule has 1 saturated heterocycles. The second-order valence-corrected chi connectivity index (χ2v) is 9.50. The maximum Gasteiger partial charge on any atom is 0.277 e. The molecule has 5 aromatic rings. The molecular weight excluding hydrogens is 512 g/mol. The van der Waals surface area contributed by atoms with Gasteiger partial charge in [-0.2, -0.15) is 10.2 Å². The fraction of sp³-hybridized carbons (Fsp3) is 0.222. The summed E-state index contributed by atoms with van der Waals surface area (Å²) < 4.78 is 9.36. The number of piperidine rings is 1. The largest absolute Gasteiger partial charge is 0.457 e. The SMILES string of the molecule is C=CC(=O)N1CCC[C@@H](n2nc(C(=O)Nc3ccc(Oc4ccn5ncnc5c4)c(C)c3)c3c(N)ncnc32)C1. The maximum atomic E-state index is 13.5. The summed E-state index contributed by atoms with van der Waals surface area (Å²) >= 11 is 0. The van der Waals surface area contributed by atoms with E-state index >= 15 is 0 Å². The number of hydrogen-bond acceptors (Lipinski definition) is 9. The van der Waals surface area contributed by atoms with E-state index in [9.17, 15) is 9.59 Å². The molecule has 202 valence electrons. The number of nitrogens with one attached hydrogen (secondary N) is 1. The molecule has 1 atom stereocenters. The van der Waals surface area contributed by atoms with Crippen molar-refractivity contribution < 1.29 is 14.3 Å². The number of aromatic nitrogens is 7. The quantitative estimate of drug-likeness (QED) is 0.310. The highest BCUT2D eigenvalue weighted by atomic mass is 16.5. The smallest absolute Gasteiger partial charge is 0.277 e. The van der Waals surface area contributed by atoms with Gasteiger partial charge in [-0.3, -0.25) is 9.59 Å². The van der Waals surface area contributed by atoms with Gasteiger partial charge in [0, 0.05) is 31.0 Å². The fourth-order valence-corrected chi connectivity index (χ4v) is 4.91. The van der Waals surface area contributed by atoms with Crippen LogP contribution in [-0.2, 0) is 4.79 Å². The average molecular weight is 539 g/mol. The lowest BCUT2D eigenvalue weighted by Crippen LogP contribution is -2.40. The van der Waals surface area contributed by atoms with Crippen molar-refractivity contribution in [2.75, 3.05) is 24.1 Å². The first kappa shape index (κ1) is 25.0. The van der Waals surface area contributed by atoms with Gasteiger partial charge in [-0.25, -0.2) is 24.1 Å². The van der Waals surface area contributed by atoms with Gasteiger partial charge in [0.2, 0.25) is 5.91 Å². The number of amides is 2. The number of nitrogens with two attached hydrogens (primary N) is 1. The molecule has 13 heteroatoms. The van der Waals surface area contributed by atoms with E-state index in [1.807, 2.05) is 13.0 Å². The Morgan fingerprint density at radius 3 is 2.88 bits per heavy atom. The van der Waals surface area contributed by atoms with Crippen LogP contribution in [0.4, 0.5) is 11.5 Å². The zero-order chi connectivity index (χ0) is 27.8. The molecule has 1 aliphatic rings. The van der Waals surface area contributed by atoms with Crippen LogP contribution in [0.2, 0.25) is 0 Å². The van der Waals surface area contributed by atoms with Gasteiger partial charge >= 0.3 is 0 Å². The molecule has 0 aliphatic carbocycles. The topological polar surface area (TPSA) is 158 Å². The third-order valence-corrected chi connectivity index (χ3v) is 6.87. The highest BCUT2D eigenvalue weighted by Gasteiger charge is 2.29. The summed E-state index contributed by atoms with van der Waals surface area (Å²) in [6.45, 7) is 6.54. The number of benzene rings is 1. The van der Waals surface area contributed by atoms with Gasteiger partial charge in [0.1, 0.15) is 30.0 Å². The van der Waals surface area contributed by atoms with E-state index in [4.69, 9.17) is 10.5 Å². The van der Waals surface area contributed by atoms with E-state index in [0.717, 1.165) is 18.4 Å². The van der Waals surface area contributed by atoms with Crippen LogP contribution in [0.5, 0.6) is 11.5 Å². The van der Waals surface area contributed by atoms with E-state index in [1.165, 1.54) is 18.7 Å². The van der Waals surface area contributed by atoms with Gasteiger partial charge in [0.25, 0.3) is 5.91 Å². The number of carbonyl (C=O) groups is 2. The predicted molar refractivity (Wildman–Crippen MR) is 147 cm³/mol. The number of nitrogens with zero attached hydrogens (tertiary/aromatic N) is 8. The van der Waals surface area contributed by atoms with Crippen LogP contribution in [-0.4, -0.2) is 64.2 Å². The number of carbonyl (C=O) groups excluding carboxylic acids is 2. The zero-order valence-corrected chi connectivity index (χ0v) is 21.7. The first-order valence-electron chi connectivity index (χ1n) is 12.7. The van der Waals surface area contributed by atoms with Gasteiger partial charge in [-0.1, -0.05) is 6.58 Å². The number of pyridine rings is 1. The molecule has 0 radical (unpaired) electrons. The van der Waals surface area contributed by atoms with Crippen LogP contribution in [0.3, 0.4) is 0 Å². The molecule has 0 unspecified atom stereocenters. The molecule has 1 aromatic carbocycles. The fourth-order valence-electron chi connectivity index (χ4n) is 4.91. The number of fused-ring (bicyclic) bond motifs is 2. The molecule has 2 amide bonds. The highest BCUT2D eigenvalue weighted by Crippen LogP contribution is 2.31. The molecule has 0 bridgehead atoms. The van der Waals surface area contributed by atoms with E-state index in [1.54, 1.807) is 44.6 Å². The third-order valence-electron chi connectivity index (χ3n) is 6.87. The van der Waals surface area contributed by atoms with Crippen LogP contribution in [0, 0.1) is 6.92 Å². The second-order valence-electron chi connectivity index (χ2n) is 9.50. The number of rotatable bonds is 6. The standard InChI is InChI=1S/C27H26N10O3/c1-3-22(38)35-9-4-5-18(13-35)37-26-23(25(28)30-14-31-26)24(34-37)27(39)33-17-6-7-20(16(2)11-17)40-19-8-10-36-21(12-19)29-15-32-36/h3,6-8,10-12,14-15,18H,1,4-5,9,13H2,2H3,(H,33,39)(H2,28,30,31)/t18-/m1/s1. The van der Waals surface area contributed by atoms with Crippen molar-refractivity contribution in [3.05, 3.63) is 73.1 Å². The summed E-state index contributed by atoms with van der Waals surface area (Å²) in [4.78, 5) is 40.0. The molecule has 40 heavy (non-hydrogen) atoms. The van der Waals surface area contributed by atoms with Crippen molar-refractivity contribution in [1.82, 2.24) is 39.2 Å². The summed E-state index contributed by atoms with van der Waals surface area (Å²) in [7, 11) is 0. The van der Waals surface area contributed by atoms with E-state index in [2.05, 4.69) is 37.0 Å². The summed E-state index contributed by atoms with van der Waals surface area (Å²) in [5.41, 5.74) is 8.78. The monoisotopic (exact) mass is 538 g/mol. The minimum absolute atomic E-state index is 0.111. The van der Waals surface area contributed by atoms with Crippen LogP contribution in [0.15, 0.2) is 61.8 Å². The summed E-state index contributed by atoms with van der Waals surface area (Å²) in [5.74, 6) is 0.801. The minimum Gasteiger partial charge on any atom is -0.457 e.